The van der Waals surface area contributed by atoms with Crippen LogP contribution >= 0.6 is 0 Å². The molecule has 32 heavy (non-hydrogen) atoms. The van der Waals surface area contributed by atoms with Crippen LogP contribution in [0.2, 0.25) is 0 Å². The molecule has 168 valence electrons. The van der Waals surface area contributed by atoms with Gasteiger partial charge in [-0.1, -0.05) is 23.8 Å². The molecule has 0 spiro atoms. The van der Waals surface area contributed by atoms with E-state index in [1.54, 1.807) is 12.1 Å². The fraction of sp³-hybridized carbons (Fsp3) is 0.240. The van der Waals surface area contributed by atoms with Gasteiger partial charge in [0.15, 0.2) is 6.61 Å². The first-order valence-electron chi connectivity index (χ1n) is 10.3. The first-order chi connectivity index (χ1) is 15.0. The first kappa shape index (κ1) is 23.3. The summed E-state index contributed by atoms with van der Waals surface area (Å²) in [5.74, 6) is 0.121. The molecule has 1 amide bonds. The molecule has 0 aliphatic carbocycles. The standard InChI is InChI=1S/C25H28N2O4S/c1-16-12-19(4)25(20(5)13-16)26-24(28)15-31-22-8-10-23(11-9-22)32(29,30)27-21-7-6-17(2)18(3)14-21/h6-14,27H,15H2,1-5H3,(H,26,28). The molecule has 0 aromatic heterocycles. The molecule has 2 N–H and O–H groups in total. The number of amides is 1. The maximum absolute atomic E-state index is 12.7. The number of hydrogen-bond acceptors (Lipinski definition) is 4. The van der Waals surface area contributed by atoms with Gasteiger partial charge in [0.2, 0.25) is 0 Å². The first-order valence-corrected chi connectivity index (χ1v) is 11.7. The maximum Gasteiger partial charge on any atom is 0.262 e. The van der Waals surface area contributed by atoms with E-state index in [1.807, 2.05) is 52.8 Å². The summed E-state index contributed by atoms with van der Waals surface area (Å²) in [6, 6.07) is 15.4. The van der Waals surface area contributed by atoms with Crippen LogP contribution in [0.4, 0.5) is 11.4 Å². The number of nitrogens with one attached hydrogen (secondary N) is 2. The Labute approximate surface area is 189 Å². The summed E-state index contributed by atoms with van der Waals surface area (Å²) in [7, 11) is -3.73. The van der Waals surface area contributed by atoms with Gasteiger partial charge in [0.1, 0.15) is 5.75 Å². The Morgan fingerprint density at radius 2 is 1.44 bits per heavy atom. The Kier molecular flexibility index (Phi) is 6.89. The lowest BCUT2D eigenvalue weighted by atomic mass is 10.1. The molecule has 3 rings (SSSR count). The lowest BCUT2D eigenvalue weighted by Gasteiger charge is -2.13. The Morgan fingerprint density at radius 3 is 2.03 bits per heavy atom. The van der Waals surface area contributed by atoms with Crippen LogP contribution in [-0.2, 0) is 14.8 Å². The second-order valence-electron chi connectivity index (χ2n) is 7.99. The van der Waals surface area contributed by atoms with Crippen molar-refractivity contribution in [3.63, 3.8) is 0 Å². The van der Waals surface area contributed by atoms with E-state index in [9.17, 15) is 13.2 Å². The van der Waals surface area contributed by atoms with E-state index in [0.717, 1.165) is 33.5 Å². The zero-order chi connectivity index (χ0) is 23.5. The van der Waals surface area contributed by atoms with Crippen LogP contribution in [-0.4, -0.2) is 20.9 Å². The quantitative estimate of drug-likeness (QED) is 0.526. The number of sulfonamides is 1. The minimum absolute atomic E-state index is 0.110. The average molecular weight is 453 g/mol. The van der Waals surface area contributed by atoms with Crippen molar-refractivity contribution in [2.75, 3.05) is 16.6 Å². The van der Waals surface area contributed by atoms with E-state index >= 15 is 0 Å². The molecular formula is C25H28N2O4S. The molecule has 0 saturated heterocycles. The molecule has 3 aromatic rings. The van der Waals surface area contributed by atoms with Crippen LogP contribution in [0.3, 0.4) is 0 Å². The van der Waals surface area contributed by atoms with Crippen molar-refractivity contribution in [1.29, 1.82) is 0 Å². The lowest BCUT2D eigenvalue weighted by Crippen LogP contribution is -2.21. The zero-order valence-electron chi connectivity index (χ0n) is 18.9. The minimum atomic E-state index is -3.73. The predicted molar refractivity (Wildman–Crippen MR) is 128 cm³/mol. The van der Waals surface area contributed by atoms with Crippen molar-refractivity contribution in [1.82, 2.24) is 0 Å². The van der Waals surface area contributed by atoms with Gasteiger partial charge in [0.05, 0.1) is 4.90 Å². The number of carbonyl (C=O) groups is 1. The smallest absolute Gasteiger partial charge is 0.262 e. The van der Waals surface area contributed by atoms with E-state index in [0.29, 0.717) is 11.4 Å². The highest BCUT2D eigenvalue weighted by Gasteiger charge is 2.15. The zero-order valence-corrected chi connectivity index (χ0v) is 19.8. The Balaban J connectivity index is 1.62. The summed E-state index contributed by atoms with van der Waals surface area (Å²) in [4.78, 5) is 12.4. The third kappa shape index (κ3) is 5.68. The minimum Gasteiger partial charge on any atom is -0.484 e. The Morgan fingerprint density at radius 1 is 0.812 bits per heavy atom. The van der Waals surface area contributed by atoms with E-state index in [4.69, 9.17) is 4.74 Å². The van der Waals surface area contributed by atoms with Crippen LogP contribution < -0.4 is 14.8 Å². The van der Waals surface area contributed by atoms with Crippen molar-refractivity contribution >= 4 is 27.3 Å². The number of benzene rings is 3. The van der Waals surface area contributed by atoms with Crippen molar-refractivity contribution in [3.8, 4) is 5.75 Å². The van der Waals surface area contributed by atoms with Crippen molar-refractivity contribution in [3.05, 3.63) is 82.4 Å². The second-order valence-corrected chi connectivity index (χ2v) is 9.67. The molecule has 0 fully saturated rings. The monoisotopic (exact) mass is 452 g/mol. The summed E-state index contributed by atoms with van der Waals surface area (Å²) in [6.45, 7) is 9.62. The van der Waals surface area contributed by atoms with Gasteiger partial charge in [0, 0.05) is 11.4 Å². The number of aryl methyl sites for hydroxylation is 5. The molecule has 0 aliphatic rings. The fourth-order valence-electron chi connectivity index (χ4n) is 3.44. The highest BCUT2D eigenvalue weighted by Crippen LogP contribution is 2.23. The van der Waals surface area contributed by atoms with Crippen molar-refractivity contribution < 1.29 is 17.9 Å². The number of hydrogen-bond donors (Lipinski definition) is 2. The summed E-state index contributed by atoms with van der Waals surface area (Å²) in [5, 5.41) is 2.88. The van der Waals surface area contributed by atoms with Crippen LogP contribution in [0.15, 0.2) is 59.5 Å². The van der Waals surface area contributed by atoms with Gasteiger partial charge in [-0.3, -0.25) is 9.52 Å². The molecular weight excluding hydrogens is 424 g/mol. The second kappa shape index (κ2) is 9.44. The summed E-state index contributed by atoms with van der Waals surface area (Å²) in [5.41, 5.74) is 6.49. The molecule has 0 aliphatic heterocycles. The molecule has 6 nitrogen and oxygen atoms in total. The highest BCUT2D eigenvalue weighted by molar-refractivity contribution is 7.92. The van der Waals surface area contributed by atoms with Gasteiger partial charge in [-0.15, -0.1) is 0 Å². The van der Waals surface area contributed by atoms with Crippen molar-refractivity contribution in [2.45, 2.75) is 39.5 Å². The van der Waals surface area contributed by atoms with Crippen LogP contribution in [0.1, 0.15) is 27.8 Å². The van der Waals surface area contributed by atoms with E-state index in [-0.39, 0.29) is 17.4 Å². The summed E-state index contributed by atoms with van der Waals surface area (Å²) in [6.07, 6.45) is 0. The van der Waals surface area contributed by atoms with Crippen LogP contribution in [0, 0.1) is 34.6 Å². The number of rotatable bonds is 7. The highest BCUT2D eigenvalue weighted by atomic mass is 32.2. The number of anilines is 2. The Hall–Kier alpha value is -3.32. The third-order valence-corrected chi connectivity index (χ3v) is 6.60. The molecule has 0 radical (unpaired) electrons. The summed E-state index contributed by atoms with van der Waals surface area (Å²) >= 11 is 0. The number of carbonyl (C=O) groups excluding carboxylic acids is 1. The topological polar surface area (TPSA) is 84.5 Å². The molecule has 0 saturated carbocycles. The lowest BCUT2D eigenvalue weighted by molar-refractivity contribution is -0.118. The fourth-order valence-corrected chi connectivity index (χ4v) is 4.49. The molecule has 0 heterocycles. The molecule has 0 atom stereocenters. The third-order valence-electron chi connectivity index (χ3n) is 5.20. The van der Waals surface area contributed by atoms with Gasteiger partial charge >= 0.3 is 0 Å². The van der Waals surface area contributed by atoms with Crippen molar-refractivity contribution in [2.24, 2.45) is 0 Å². The van der Waals surface area contributed by atoms with Gasteiger partial charge < -0.3 is 10.1 Å². The van der Waals surface area contributed by atoms with E-state index in [2.05, 4.69) is 10.0 Å². The molecule has 3 aromatic carbocycles. The van der Waals surface area contributed by atoms with Gasteiger partial charge in [-0.25, -0.2) is 8.42 Å². The van der Waals surface area contributed by atoms with E-state index < -0.39 is 10.0 Å². The van der Waals surface area contributed by atoms with Crippen LogP contribution in [0.5, 0.6) is 5.75 Å². The largest absolute Gasteiger partial charge is 0.484 e. The summed E-state index contributed by atoms with van der Waals surface area (Å²) < 4.78 is 33.4. The SMILES string of the molecule is Cc1cc(C)c(NC(=O)COc2ccc(S(=O)(=O)Nc3ccc(C)c(C)c3)cc2)c(C)c1. The van der Waals surface area contributed by atoms with E-state index in [1.165, 1.54) is 24.3 Å². The van der Waals surface area contributed by atoms with Gasteiger partial charge in [-0.05, 0) is 93.3 Å². The molecule has 7 heteroatoms. The predicted octanol–water partition coefficient (Wildman–Crippen LogP) is 5.05. The molecule has 0 bridgehead atoms. The number of ether oxygens (including phenoxy) is 1. The Bertz CT molecular complexity index is 1230. The average Bonchev–Trinajstić information content (AvgIpc) is 2.72. The maximum atomic E-state index is 12.7. The van der Waals surface area contributed by atoms with Crippen LogP contribution in [0.25, 0.3) is 0 Å². The van der Waals surface area contributed by atoms with Gasteiger partial charge in [-0.2, -0.15) is 0 Å². The van der Waals surface area contributed by atoms with Gasteiger partial charge in [0.25, 0.3) is 15.9 Å². The molecule has 0 unspecified atom stereocenters. The normalized spacial score (nSPS) is 11.2.